The number of urea groups is 1. The Balaban J connectivity index is 1.78. The number of carbonyl (C=O) groups is 2. The molecular weight excluding hydrogens is 466 g/mol. The number of hydrogen-bond donors (Lipinski definition) is 2. The molecule has 1 heterocycles. The Morgan fingerprint density at radius 3 is 2.35 bits per heavy atom. The maximum Gasteiger partial charge on any atom is 0.322 e. The van der Waals surface area contributed by atoms with Crippen molar-refractivity contribution in [1.82, 2.24) is 14.7 Å². The van der Waals surface area contributed by atoms with Crippen molar-refractivity contribution >= 4 is 23.4 Å². The molecule has 0 saturated heterocycles. The summed E-state index contributed by atoms with van der Waals surface area (Å²) >= 11 is 0. The maximum absolute atomic E-state index is 13.2. The molecule has 37 heavy (non-hydrogen) atoms. The van der Waals surface area contributed by atoms with Crippen molar-refractivity contribution in [1.29, 1.82) is 0 Å². The van der Waals surface area contributed by atoms with E-state index in [1.54, 1.807) is 28.9 Å². The summed E-state index contributed by atoms with van der Waals surface area (Å²) in [6.07, 6.45) is 0. The zero-order chi connectivity index (χ0) is 27.2. The third kappa shape index (κ3) is 7.84. The average molecular weight is 506 g/mol. The van der Waals surface area contributed by atoms with Crippen molar-refractivity contribution in [3.63, 3.8) is 0 Å². The maximum atomic E-state index is 13.2. The third-order valence-corrected chi connectivity index (χ3v) is 5.62. The van der Waals surface area contributed by atoms with E-state index >= 15 is 0 Å². The number of nitrogens with zero attached hydrogens (tertiary/aromatic N) is 3. The number of rotatable bonds is 9. The van der Waals surface area contributed by atoms with Gasteiger partial charge in [-0.3, -0.25) is 4.79 Å². The number of aryl methyl sites for hydroxylation is 1. The van der Waals surface area contributed by atoms with E-state index < -0.39 is 0 Å². The topological polar surface area (TPSA) is 88.5 Å². The summed E-state index contributed by atoms with van der Waals surface area (Å²) in [5, 5.41) is 10.7. The van der Waals surface area contributed by atoms with Gasteiger partial charge in [0.2, 0.25) is 5.91 Å². The predicted molar refractivity (Wildman–Crippen MR) is 149 cm³/mol. The lowest BCUT2D eigenvalue weighted by atomic mass is 9.92. The van der Waals surface area contributed by atoms with E-state index in [1.165, 1.54) is 4.90 Å². The second-order valence-electron chi connectivity index (χ2n) is 10.6. The standard InChI is InChI=1S/C29H39N5O3/c1-8-37-24-14-12-22(13-15-24)30-28(36)33(18-20(2)3)19-27(35)31-26-17-25(29(5,6)7)32-34(26)23-11-9-10-21(4)16-23/h9-17,20H,8,18-19H2,1-7H3,(H,30,36)(H,31,35). The van der Waals surface area contributed by atoms with Gasteiger partial charge in [0.15, 0.2) is 0 Å². The van der Waals surface area contributed by atoms with Crippen molar-refractivity contribution in [2.75, 3.05) is 30.3 Å². The fourth-order valence-electron chi connectivity index (χ4n) is 3.81. The lowest BCUT2D eigenvalue weighted by molar-refractivity contribution is -0.116. The summed E-state index contributed by atoms with van der Waals surface area (Å²) in [7, 11) is 0. The van der Waals surface area contributed by atoms with E-state index in [2.05, 4.69) is 31.4 Å². The molecule has 0 unspecified atom stereocenters. The third-order valence-electron chi connectivity index (χ3n) is 5.62. The van der Waals surface area contributed by atoms with Gasteiger partial charge in [-0.2, -0.15) is 5.10 Å². The molecule has 8 heteroatoms. The van der Waals surface area contributed by atoms with Crippen LogP contribution in [-0.2, 0) is 10.2 Å². The molecule has 3 rings (SSSR count). The molecule has 3 aromatic rings. The van der Waals surface area contributed by atoms with Gasteiger partial charge in [-0.1, -0.05) is 46.8 Å². The van der Waals surface area contributed by atoms with Crippen molar-refractivity contribution in [2.45, 2.75) is 53.9 Å². The smallest absolute Gasteiger partial charge is 0.322 e. The first-order valence-corrected chi connectivity index (χ1v) is 12.7. The molecule has 0 saturated carbocycles. The molecule has 0 fully saturated rings. The highest BCUT2D eigenvalue weighted by atomic mass is 16.5. The zero-order valence-corrected chi connectivity index (χ0v) is 23.0. The van der Waals surface area contributed by atoms with Crippen LogP contribution in [0.4, 0.5) is 16.3 Å². The number of anilines is 2. The fraction of sp³-hybridized carbons (Fsp3) is 0.414. The van der Waals surface area contributed by atoms with Gasteiger partial charge in [0.1, 0.15) is 18.1 Å². The van der Waals surface area contributed by atoms with Crippen LogP contribution in [0, 0.1) is 12.8 Å². The van der Waals surface area contributed by atoms with Crippen LogP contribution in [0.15, 0.2) is 54.6 Å². The summed E-state index contributed by atoms with van der Waals surface area (Å²) in [5.41, 5.74) is 3.25. The molecule has 1 aromatic heterocycles. The van der Waals surface area contributed by atoms with Crippen molar-refractivity contribution in [2.24, 2.45) is 5.92 Å². The molecule has 0 radical (unpaired) electrons. The minimum Gasteiger partial charge on any atom is -0.494 e. The average Bonchev–Trinajstić information content (AvgIpc) is 3.24. The molecule has 0 spiro atoms. The van der Waals surface area contributed by atoms with E-state index in [4.69, 9.17) is 9.84 Å². The molecule has 0 aliphatic heterocycles. The van der Waals surface area contributed by atoms with Gasteiger partial charge in [-0.05, 0) is 61.7 Å². The Hall–Kier alpha value is -3.81. The van der Waals surface area contributed by atoms with Crippen LogP contribution >= 0.6 is 0 Å². The van der Waals surface area contributed by atoms with E-state index in [1.807, 2.05) is 58.0 Å². The Labute approximate surface area is 220 Å². The van der Waals surface area contributed by atoms with Crippen LogP contribution < -0.4 is 15.4 Å². The number of aromatic nitrogens is 2. The van der Waals surface area contributed by atoms with E-state index in [9.17, 15) is 9.59 Å². The normalized spacial score (nSPS) is 11.4. The van der Waals surface area contributed by atoms with Gasteiger partial charge in [0.25, 0.3) is 0 Å². The van der Waals surface area contributed by atoms with Crippen LogP contribution in [0.2, 0.25) is 0 Å². The van der Waals surface area contributed by atoms with Crippen LogP contribution in [0.5, 0.6) is 5.75 Å². The number of hydrogen-bond acceptors (Lipinski definition) is 4. The first-order chi connectivity index (χ1) is 17.5. The second kappa shape index (κ2) is 12.0. The summed E-state index contributed by atoms with van der Waals surface area (Å²) in [4.78, 5) is 27.8. The number of amides is 3. The van der Waals surface area contributed by atoms with Crippen molar-refractivity contribution in [3.05, 3.63) is 65.9 Å². The van der Waals surface area contributed by atoms with Gasteiger partial charge < -0.3 is 20.3 Å². The monoisotopic (exact) mass is 505 g/mol. The molecular formula is C29H39N5O3. The Bertz CT molecular complexity index is 1210. The Morgan fingerprint density at radius 2 is 1.76 bits per heavy atom. The van der Waals surface area contributed by atoms with E-state index in [0.29, 0.717) is 24.7 Å². The van der Waals surface area contributed by atoms with E-state index in [0.717, 1.165) is 22.7 Å². The van der Waals surface area contributed by atoms with E-state index in [-0.39, 0.29) is 29.8 Å². The fourth-order valence-corrected chi connectivity index (χ4v) is 3.81. The molecule has 8 nitrogen and oxygen atoms in total. The highest BCUT2D eigenvalue weighted by Crippen LogP contribution is 2.26. The number of benzene rings is 2. The van der Waals surface area contributed by atoms with Gasteiger partial charge in [0, 0.05) is 23.7 Å². The number of carbonyl (C=O) groups excluding carboxylic acids is 2. The van der Waals surface area contributed by atoms with Crippen molar-refractivity contribution in [3.8, 4) is 11.4 Å². The zero-order valence-electron chi connectivity index (χ0n) is 23.0. The van der Waals surface area contributed by atoms with Crippen LogP contribution in [0.1, 0.15) is 52.8 Å². The van der Waals surface area contributed by atoms with Gasteiger partial charge in [-0.15, -0.1) is 0 Å². The highest BCUT2D eigenvalue weighted by Gasteiger charge is 2.23. The Morgan fingerprint density at radius 1 is 1.05 bits per heavy atom. The van der Waals surface area contributed by atoms with Crippen LogP contribution in [0.25, 0.3) is 5.69 Å². The molecule has 0 atom stereocenters. The van der Waals surface area contributed by atoms with Gasteiger partial charge >= 0.3 is 6.03 Å². The summed E-state index contributed by atoms with van der Waals surface area (Å²) in [5.74, 6) is 1.19. The van der Waals surface area contributed by atoms with Crippen LogP contribution in [-0.4, -0.2) is 46.3 Å². The SMILES string of the molecule is CCOc1ccc(NC(=O)N(CC(=O)Nc2cc(C(C)(C)C)nn2-c2cccc(C)c2)CC(C)C)cc1. The number of ether oxygens (including phenoxy) is 1. The largest absolute Gasteiger partial charge is 0.494 e. The molecule has 2 N–H and O–H groups in total. The Kier molecular flexibility index (Phi) is 8.97. The molecule has 0 aliphatic carbocycles. The predicted octanol–water partition coefficient (Wildman–Crippen LogP) is 6.01. The molecule has 0 bridgehead atoms. The quantitative estimate of drug-likeness (QED) is 0.373. The first-order valence-electron chi connectivity index (χ1n) is 12.7. The minimum absolute atomic E-state index is 0.0924. The van der Waals surface area contributed by atoms with Gasteiger partial charge in [-0.25, -0.2) is 9.48 Å². The molecule has 0 aliphatic rings. The summed E-state index contributed by atoms with van der Waals surface area (Å²) < 4.78 is 7.21. The lowest BCUT2D eigenvalue weighted by Crippen LogP contribution is -2.42. The van der Waals surface area contributed by atoms with Crippen molar-refractivity contribution < 1.29 is 14.3 Å². The first kappa shape index (κ1) is 27.8. The summed E-state index contributed by atoms with van der Waals surface area (Å²) in [6, 6.07) is 16.7. The minimum atomic E-state index is -0.337. The number of nitrogens with one attached hydrogen (secondary N) is 2. The van der Waals surface area contributed by atoms with Gasteiger partial charge in [0.05, 0.1) is 18.0 Å². The highest BCUT2D eigenvalue weighted by molar-refractivity contribution is 5.96. The molecule has 198 valence electrons. The van der Waals surface area contributed by atoms with Crippen LogP contribution in [0.3, 0.4) is 0 Å². The summed E-state index contributed by atoms with van der Waals surface area (Å²) in [6.45, 7) is 15.1. The molecule has 2 aromatic carbocycles. The lowest BCUT2D eigenvalue weighted by Gasteiger charge is -2.24. The second-order valence-corrected chi connectivity index (χ2v) is 10.6. The molecule has 3 amide bonds.